The first kappa shape index (κ1) is 40.9. The number of nitrogens with zero attached hydrogens (tertiary/aromatic N) is 1. The molecule has 0 spiro atoms. The molecule has 1 aliphatic rings. The maximum atomic E-state index is 13.8. The van der Waals surface area contributed by atoms with Crippen molar-refractivity contribution < 1.29 is 32.9 Å². The van der Waals surface area contributed by atoms with Crippen molar-refractivity contribution in [2.75, 3.05) is 18.9 Å². The third-order valence-electron chi connectivity index (χ3n) is 10.6. The molecule has 56 heavy (non-hydrogen) atoms. The summed E-state index contributed by atoms with van der Waals surface area (Å²) < 4.78 is 42.7. The van der Waals surface area contributed by atoms with Crippen molar-refractivity contribution in [2.24, 2.45) is 5.92 Å². The van der Waals surface area contributed by atoms with Crippen LogP contribution in [-0.2, 0) is 37.3 Å². The molecule has 1 heterocycles. The Balaban J connectivity index is 1.20. The number of aryl methyl sites for hydroxylation is 1. The number of anilines is 1. The average molecular weight is 778 g/mol. The minimum Gasteiger partial charge on any atom is -0.392 e. The number of aliphatic hydroxyl groups excluding tert-OH is 2. The van der Waals surface area contributed by atoms with Crippen molar-refractivity contribution in [3.8, 4) is 0 Å². The SMILES string of the molecule is Cc1ccc(S(=O)(=O)NC(Cc2ccccc2)C(=O)Nc2ccc(C3OC(CN(C)C(C)C(O)c4ccccc4)C(C)C(c4ccc(CO)cc4)O3)cc2)cc1. The quantitative estimate of drug-likeness (QED) is 0.0906. The molecule has 294 valence electrons. The van der Waals surface area contributed by atoms with Gasteiger partial charge < -0.3 is 25.0 Å². The van der Waals surface area contributed by atoms with E-state index in [2.05, 4.69) is 21.9 Å². The lowest BCUT2D eigenvalue weighted by molar-refractivity contribution is -0.276. The van der Waals surface area contributed by atoms with Crippen molar-refractivity contribution in [1.82, 2.24) is 9.62 Å². The van der Waals surface area contributed by atoms with Crippen LogP contribution in [0.3, 0.4) is 0 Å². The first-order valence-corrected chi connectivity index (χ1v) is 20.4. The third-order valence-corrected chi connectivity index (χ3v) is 12.1. The maximum Gasteiger partial charge on any atom is 0.242 e. The highest BCUT2D eigenvalue weighted by molar-refractivity contribution is 7.89. The molecule has 1 fully saturated rings. The monoisotopic (exact) mass is 777 g/mol. The molecule has 5 aromatic rings. The number of rotatable bonds is 15. The predicted molar refractivity (Wildman–Crippen MR) is 217 cm³/mol. The summed E-state index contributed by atoms with van der Waals surface area (Å²) in [5.74, 6) is -0.573. The zero-order chi connectivity index (χ0) is 39.8. The fraction of sp³-hybridized carbons (Fsp3) is 0.311. The predicted octanol–water partition coefficient (Wildman–Crippen LogP) is 6.86. The molecule has 7 atom stereocenters. The van der Waals surface area contributed by atoms with Gasteiger partial charge in [0.2, 0.25) is 15.9 Å². The Labute approximate surface area is 330 Å². The van der Waals surface area contributed by atoms with Crippen molar-refractivity contribution >= 4 is 21.6 Å². The second-order valence-electron chi connectivity index (χ2n) is 14.6. The number of likely N-dealkylation sites (N-methyl/N-ethyl adjacent to an activating group) is 1. The van der Waals surface area contributed by atoms with Gasteiger partial charge in [0.05, 0.1) is 29.8 Å². The van der Waals surface area contributed by atoms with Gasteiger partial charge in [0.1, 0.15) is 6.04 Å². The van der Waals surface area contributed by atoms with E-state index in [1.165, 1.54) is 12.1 Å². The molecular formula is C45H51N3O7S. The zero-order valence-electron chi connectivity index (χ0n) is 32.2. The van der Waals surface area contributed by atoms with Crippen molar-refractivity contribution in [3.05, 3.63) is 167 Å². The Kier molecular flexibility index (Phi) is 13.5. The summed E-state index contributed by atoms with van der Waals surface area (Å²) >= 11 is 0. The number of nitrogens with one attached hydrogen (secondary N) is 2. The van der Waals surface area contributed by atoms with E-state index in [9.17, 15) is 23.4 Å². The second-order valence-corrected chi connectivity index (χ2v) is 16.4. The molecule has 0 bridgehead atoms. The number of hydrogen-bond acceptors (Lipinski definition) is 8. The van der Waals surface area contributed by atoms with Crippen LogP contribution in [0.1, 0.15) is 65.7 Å². The van der Waals surface area contributed by atoms with Gasteiger partial charge in [-0.25, -0.2) is 8.42 Å². The molecule has 11 heteroatoms. The smallest absolute Gasteiger partial charge is 0.242 e. The van der Waals surface area contributed by atoms with E-state index in [0.29, 0.717) is 12.2 Å². The summed E-state index contributed by atoms with van der Waals surface area (Å²) in [7, 11) is -2.03. The fourth-order valence-corrected chi connectivity index (χ4v) is 8.11. The summed E-state index contributed by atoms with van der Waals surface area (Å²) in [6.45, 7) is 6.43. The van der Waals surface area contributed by atoms with Crippen molar-refractivity contribution in [2.45, 2.75) is 75.4 Å². The molecule has 10 nitrogen and oxygen atoms in total. The summed E-state index contributed by atoms with van der Waals surface area (Å²) in [6, 6.07) is 38.9. The van der Waals surface area contributed by atoms with E-state index in [-0.39, 0.29) is 42.1 Å². The average Bonchev–Trinajstić information content (AvgIpc) is 3.22. The highest BCUT2D eigenvalue weighted by Crippen LogP contribution is 2.42. The number of aliphatic hydroxyl groups is 2. The molecule has 0 saturated carbocycles. The summed E-state index contributed by atoms with van der Waals surface area (Å²) in [6.07, 6.45) is -1.92. The van der Waals surface area contributed by atoms with Gasteiger partial charge in [-0.15, -0.1) is 0 Å². The largest absolute Gasteiger partial charge is 0.392 e. The molecule has 7 unspecified atom stereocenters. The minimum atomic E-state index is -4.00. The number of benzene rings is 5. The van der Waals surface area contributed by atoms with Crippen LogP contribution < -0.4 is 10.0 Å². The molecule has 0 aromatic heterocycles. The number of carbonyl (C=O) groups excluding carboxylic acids is 1. The van der Waals surface area contributed by atoms with Gasteiger partial charge >= 0.3 is 0 Å². The molecule has 5 aromatic carbocycles. The van der Waals surface area contributed by atoms with E-state index in [1.807, 2.05) is 118 Å². The van der Waals surface area contributed by atoms with Crippen molar-refractivity contribution in [1.29, 1.82) is 0 Å². The minimum absolute atomic E-state index is 0.0589. The topological polar surface area (TPSA) is 137 Å². The van der Waals surface area contributed by atoms with Gasteiger partial charge in [0, 0.05) is 29.8 Å². The first-order valence-electron chi connectivity index (χ1n) is 18.9. The number of hydrogen-bond donors (Lipinski definition) is 4. The van der Waals surface area contributed by atoms with E-state index in [1.54, 1.807) is 24.3 Å². The second kappa shape index (κ2) is 18.5. The fourth-order valence-electron chi connectivity index (χ4n) is 6.91. The van der Waals surface area contributed by atoms with Crippen LogP contribution in [0.2, 0.25) is 0 Å². The lowest BCUT2D eigenvalue weighted by Gasteiger charge is -2.43. The molecule has 1 aliphatic heterocycles. The number of sulfonamides is 1. The lowest BCUT2D eigenvalue weighted by Crippen LogP contribution is -2.46. The Morgan fingerprint density at radius 1 is 0.804 bits per heavy atom. The van der Waals surface area contributed by atoms with Crippen LogP contribution in [0.15, 0.2) is 138 Å². The van der Waals surface area contributed by atoms with Crippen LogP contribution in [0.5, 0.6) is 0 Å². The number of ether oxygens (including phenoxy) is 2. The van der Waals surface area contributed by atoms with E-state index < -0.39 is 34.4 Å². The Bertz CT molecular complexity index is 2120. The van der Waals surface area contributed by atoms with Gasteiger partial charge in [0.25, 0.3) is 0 Å². The van der Waals surface area contributed by atoms with Gasteiger partial charge in [-0.2, -0.15) is 4.72 Å². The first-order chi connectivity index (χ1) is 26.9. The van der Waals surface area contributed by atoms with E-state index in [4.69, 9.17) is 9.47 Å². The number of amides is 1. The summed E-state index contributed by atoms with van der Waals surface area (Å²) in [5, 5.41) is 23.7. The van der Waals surface area contributed by atoms with Crippen LogP contribution in [0, 0.1) is 12.8 Å². The van der Waals surface area contributed by atoms with Gasteiger partial charge in [0.15, 0.2) is 6.29 Å². The Morgan fingerprint density at radius 3 is 2.04 bits per heavy atom. The molecule has 0 radical (unpaired) electrons. The van der Waals surface area contributed by atoms with E-state index in [0.717, 1.165) is 33.4 Å². The Hall–Kier alpha value is -4.72. The zero-order valence-corrected chi connectivity index (χ0v) is 33.0. The van der Waals surface area contributed by atoms with Crippen LogP contribution in [0.4, 0.5) is 5.69 Å². The van der Waals surface area contributed by atoms with Gasteiger partial charge in [-0.05, 0) is 73.8 Å². The van der Waals surface area contributed by atoms with Gasteiger partial charge in [-0.1, -0.05) is 122 Å². The molecule has 6 rings (SSSR count). The van der Waals surface area contributed by atoms with Crippen LogP contribution in [0.25, 0.3) is 0 Å². The highest BCUT2D eigenvalue weighted by Gasteiger charge is 2.39. The summed E-state index contributed by atoms with van der Waals surface area (Å²) in [4.78, 5) is 15.9. The maximum absolute atomic E-state index is 13.8. The van der Waals surface area contributed by atoms with Crippen LogP contribution >= 0.6 is 0 Å². The third kappa shape index (κ3) is 10.2. The molecule has 4 N–H and O–H groups in total. The van der Waals surface area contributed by atoms with E-state index >= 15 is 0 Å². The summed E-state index contributed by atoms with van der Waals surface area (Å²) in [5.41, 5.74) is 5.54. The van der Waals surface area contributed by atoms with Crippen molar-refractivity contribution in [3.63, 3.8) is 0 Å². The normalized spacial score (nSPS) is 20.3. The Morgan fingerprint density at radius 2 is 1.41 bits per heavy atom. The standard InChI is InChI=1S/C45H51N3O7S/c1-30-15-25-39(26-16-30)56(52,53)47-40(27-33-11-7-5-8-12-33)44(51)46-38-23-21-37(22-24-38)45-54-41(28-48(4)32(3)42(50)35-13-9-6-10-14-35)31(2)43(55-45)36-19-17-34(29-49)18-20-36/h5-26,31-32,40-43,45,47,49-50H,27-29H2,1-4H3,(H,46,51). The molecule has 1 saturated heterocycles. The van der Waals surface area contributed by atoms with Gasteiger partial charge in [-0.3, -0.25) is 9.69 Å². The van der Waals surface area contributed by atoms with Crippen LogP contribution in [-0.4, -0.2) is 61.2 Å². The molecule has 0 aliphatic carbocycles. The molecule has 1 amide bonds. The highest BCUT2D eigenvalue weighted by atomic mass is 32.2. The molecular weight excluding hydrogens is 727 g/mol. The number of carbonyl (C=O) groups is 1. The lowest BCUT2D eigenvalue weighted by atomic mass is 9.89.